The first-order valence-corrected chi connectivity index (χ1v) is 7.01. The van der Waals surface area contributed by atoms with E-state index < -0.39 is 14.8 Å². The highest BCUT2D eigenvalue weighted by molar-refractivity contribution is 7.78. The summed E-state index contributed by atoms with van der Waals surface area (Å²) in [4.78, 5) is 10.9. The molecule has 0 aliphatic heterocycles. The predicted octanol–water partition coefficient (Wildman–Crippen LogP) is 0.953. The van der Waals surface area contributed by atoms with E-state index in [0.29, 0.717) is 12.5 Å². The first-order chi connectivity index (χ1) is 7.64. The molecule has 0 spiro atoms. The van der Waals surface area contributed by atoms with E-state index >= 15 is 0 Å². The quantitative estimate of drug-likeness (QED) is 0.214. The van der Waals surface area contributed by atoms with E-state index in [9.17, 15) is 4.79 Å². The number of carbonyl (C=O) groups is 1. The van der Waals surface area contributed by atoms with Gasteiger partial charge >= 0.3 is 14.8 Å². The standard InChI is InChI=1S/C9H16O5SSi/c1-11-16(12-2,13-3)8-4-6-14-9(10)5-7-15/h5H,4,6,8H2,1-3H3. The molecule has 0 aliphatic rings. The molecule has 0 atom stereocenters. The molecule has 16 heavy (non-hydrogen) atoms. The van der Waals surface area contributed by atoms with E-state index in [0.717, 1.165) is 6.08 Å². The van der Waals surface area contributed by atoms with Gasteiger partial charge in [-0.05, 0) is 23.7 Å². The summed E-state index contributed by atoms with van der Waals surface area (Å²) in [5.74, 6) is -0.491. The van der Waals surface area contributed by atoms with Crippen LogP contribution in [0.15, 0.2) is 6.08 Å². The third kappa shape index (κ3) is 5.50. The second kappa shape index (κ2) is 8.57. The maximum Gasteiger partial charge on any atom is 0.500 e. The van der Waals surface area contributed by atoms with E-state index in [1.165, 1.54) is 0 Å². The Hall–Kier alpha value is -0.563. The molecule has 0 heterocycles. The van der Waals surface area contributed by atoms with Crippen molar-refractivity contribution in [3.63, 3.8) is 0 Å². The molecule has 0 aromatic carbocycles. The molecule has 0 saturated heterocycles. The zero-order chi connectivity index (χ0) is 12.4. The van der Waals surface area contributed by atoms with E-state index in [2.05, 4.69) is 17.2 Å². The number of esters is 1. The minimum absolute atomic E-state index is 0.275. The van der Waals surface area contributed by atoms with Gasteiger partial charge in [-0.1, -0.05) is 0 Å². The number of ether oxygens (including phenoxy) is 1. The molecule has 0 bridgehead atoms. The minimum Gasteiger partial charge on any atom is -0.462 e. The van der Waals surface area contributed by atoms with Crippen LogP contribution in [0, 0.1) is 0 Å². The van der Waals surface area contributed by atoms with Crippen molar-refractivity contribution in [2.24, 2.45) is 0 Å². The Morgan fingerprint density at radius 1 is 1.31 bits per heavy atom. The summed E-state index contributed by atoms with van der Waals surface area (Å²) >= 11 is 4.36. The smallest absolute Gasteiger partial charge is 0.462 e. The van der Waals surface area contributed by atoms with Gasteiger partial charge in [-0.15, -0.1) is 0 Å². The normalized spacial score (nSPS) is 10.7. The molecule has 0 fully saturated rings. The molecule has 0 rings (SSSR count). The summed E-state index contributed by atoms with van der Waals surface area (Å²) in [6, 6.07) is 0.588. The van der Waals surface area contributed by atoms with Crippen LogP contribution in [0.4, 0.5) is 0 Å². The summed E-state index contributed by atoms with van der Waals surface area (Å²) in [5, 5.41) is 2.18. The first kappa shape index (κ1) is 15.4. The summed E-state index contributed by atoms with van der Waals surface area (Å²) in [7, 11) is 2.08. The first-order valence-electron chi connectivity index (χ1n) is 4.67. The lowest BCUT2D eigenvalue weighted by Crippen LogP contribution is -2.42. The van der Waals surface area contributed by atoms with Crippen LogP contribution in [0.2, 0.25) is 6.04 Å². The molecule has 0 aromatic rings. The Morgan fingerprint density at radius 3 is 2.31 bits per heavy atom. The van der Waals surface area contributed by atoms with Crippen molar-refractivity contribution in [2.75, 3.05) is 27.9 Å². The van der Waals surface area contributed by atoms with Crippen molar-refractivity contribution < 1.29 is 22.8 Å². The average molecular weight is 264 g/mol. The van der Waals surface area contributed by atoms with Gasteiger partial charge in [0.2, 0.25) is 0 Å². The summed E-state index contributed by atoms with van der Waals surface area (Å²) in [5.41, 5.74) is 0. The molecule has 0 aromatic heterocycles. The lowest BCUT2D eigenvalue weighted by molar-refractivity contribution is -0.137. The molecule has 0 unspecified atom stereocenters. The van der Waals surface area contributed by atoms with Gasteiger partial charge in [0.05, 0.1) is 12.7 Å². The fourth-order valence-corrected chi connectivity index (χ4v) is 2.89. The van der Waals surface area contributed by atoms with Crippen LogP contribution in [0.25, 0.3) is 0 Å². The highest BCUT2D eigenvalue weighted by Crippen LogP contribution is 2.14. The Kier molecular flexibility index (Phi) is 8.27. The third-order valence-corrected chi connectivity index (χ3v) is 4.93. The molecule has 0 N–H and O–H groups in total. The maximum atomic E-state index is 10.9. The van der Waals surface area contributed by atoms with Crippen molar-refractivity contribution in [3.05, 3.63) is 6.08 Å². The third-order valence-electron chi connectivity index (χ3n) is 1.98. The van der Waals surface area contributed by atoms with Crippen LogP contribution in [-0.2, 0) is 22.8 Å². The highest BCUT2D eigenvalue weighted by atomic mass is 32.1. The molecule has 0 aliphatic carbocycles. The van der Waals surface area contributed by atoms with Crippen molar-refractivity contribution in [2.45, 2.75) is 12.5 Å². The number of carbonyl (C=O) groups excluding carboxylic acids is 1. The van der Waals surface area contributed by atoms with Gasteiger partial charge in [-0.2, -0.15) is 0 Å². The molecule has 0 saturated carbocycles. The monoisotopic (exact) mass is 264 g/mol. The Morgan fingerprint density at radius 2 is 1.88 bits per heavy atom. The van der Waals surface area contributed by atoms with Crippen molar-refractivity contribution >= 4 is 32.0 Å². The van der Waals surface area contributed by atoms with Crippen molar-refractivity contribution in [3.8, 4) is 0 Å². The highest BCUT2D eigenvalue weighted by Gasteiger charge is 2.36. The van der Waals surface area contributed by atoms with Crippen LogP contribution >= 0.6 is 12.2 Å². The van der Waals surface area contributed by atoms with Gasteiger partial charge in [0.25, 0.3) is 0 Å². The van der Waals surface area contributed by atoms with Gasteiger partial charge in [0.15, 0.2) is 0 Å². The van der Waals surface area contributed by atoms with E-state index in [4.69, 9.17) is 18.0 Å². The molecule has 0 radical (unpaired) electrons. The topological polar surface area (TPSA) is 54.0 Å². The van der Waals surface area contributed by atoms with Crippen LogP contribution in [0.1, 0.15) is 6.42 Å². The lowest BCUT2D eigenvalue weighted by Gasteiger charge is -2.23. The fourth-order valence-electron chi connectivity index (χ4n) is 1.11. The minimum atomic E-state index is -2.55. The summed E-state index contributed by atoms with van der Waals surface area (Å²) < 4.78 is 20.5. The van der Waals surface area contributed by atoms with Crippen molar-refractivity contribution in [1.82, 2.24) is 0 Å². The summed E-state index contributed by atoms with van der Waals surface area (Å²) in [6.45, 7) is 0.275. The number of rotatable bonds is 8. The van der Waals surface area contributed by atoms with Gasteiger partial charge in [0, 0.05) is 27.4 Å². The van der Waals surface area contributed by atoms with Crippen LogP contribution < -0.4 is 0 Å². The van der Waals surface area contributed by atoms with E-state index in [1.807, 2.05) is 0 Å². The molecule has 7 heteroatoms. The fraction of sp³-hybridized carbons (Fsp3) is 0.667. The Balaban J connectivity index is 3.87. The van der Waals surface area contributed by atoms with Gasteiger partial charge in [-0.3, -0.25) is 0 Å². The second-order valence-electron chi connectivity index (χ2n) is 2.83. The molecule has 5 nitrogen and oxygen atoms in total. The Bertz CT molecular complexity index is 252. The lowest BCUT2D eigenvalue weighted by atomic mass is 10.5. The van der Waals surface area contributed by atoms with Crippen molar-refractivity contribution in [1.29, 1.82) is 0 Å². The average Bonchev–Trinajstić information content (AvgIpc) is 2.31. The van der Waals surface area contributed by atoms with Gasteiger partial charge in [-0.25, -0.2) is 4.79 Å². The van der Waals surface area contributed by atoms with E-state index in [-0.39, 0.29) is 6.61 Å². The zero-order valence-corrected chi connectivity index (χ0v) is 11.5. The largest absolute Gasteiger partial charge is 0.500 e. The SMILES string of the molecule is CO[Si](CCCOC(=O)C=C=S)(OC)OC. The molecule has 92 valence electrons. The van der Waals surface area contributed by atoms with Gasteiger partial charge < -0.3 is 18.0 Å². The molecular weight excluding hydrogens is 248 g/mol. The van der Waals surface area contributed by atoms with Gasteiger partial charge in [0.1, 0.15) is 0 Å². The van der Waals surface area contributed by atoms with E-state index in [1.54, 1.807) is 21.3 Å². The Labute approximate surface area is 102 Å². The summed E-state index contributed by atoms with van der Waals surface area (Å²) in [6.07, 6.45) is 1.68. The van der Waals surface area contributed by atoms with Crippen LogP contribution in [-0.4, -0.2) is 47.7 Å². The zero-order valence-electron chi connectivity index (χ0n) is 9.65. The van der Waals surface area contributed by atoms with Crippen LogP contribution in [0.5, 0.6) is 0 Å². The predicted molar refractivity (Wildman–Crippen MR) is 64.3 cm³/mol. The molecular formula is C9H16O5SSi. The number of thiocarbonyl (C=S) groups is 1. The number of hydrogen-bond acceptors (Lipinski definition) is 6. The molecule has 0 amide bonds. The second-order valence-corrected chi connectivity index (χ2v) is 6.16. The number of hydrogen-bond donors (Lipinski definition) is 0. The van der Waals surface area contributed by atoms with Crippen LogP contribution in [0.3, 0.4) is 0 Å². The maximum absolute atomic E-state index is 10.9.